The van der Waals surface area contributed by atoms with Crippen molar-refractivity contribution in [2.24, 2.45) is 5.92 Å². The van der Waals surface area contributed by atoms with Crippen molar-refractivity contribution in [1.29, 1.82) is 0 Å². The molecule has 15 heteroatoms. The van der Waals surface area contributed by atoms with Gasteiger partial charge in [-0.2, -0.15) is 0 Å². The monoisotopic (exact) mass is 925 g/mol. The van der Waals surface area contributed by atoms with Gasteiger partial charge in [-0.1, -0.05) is 91.1 Å². The Labute approximate surface area is 394 Å². The van der Waals surface area contributed by atoms with E-state index in [-0.39, 0.29) is 54.3 Å². The van der Waals surface area contributed by atoms with Gasteiger partial charge in [0.05, 0.1) is 59.0 Å². The molecule has 3 fully saturated rings. The highest BCUT2D eigenvalue weighted by Crippen LogP contribution is 2.60. The van der Waals surface area contributed by atoms with Crippen LogP contribution in [0.15, 0.2) is 109 Å². The third kappa shape index (κ3) is 8.23. The van der Waals surface area contributed by atoms with E-state index in [1.54, 1.807) is 7.11 Å². The van der Waals surface area contributed by atoms with E-state index < -0.39 is 19.2 Å². The average Bonchev–Trinajstić information content (AvgIpc) is 4.09. The predicted molar refractivity (Wildman–Crippen MR) is 260 cm³/mol. The first-order valence-electron chi connectivity index (χ1n) is 23.7. The SMILES string of the molecule is COC(=O)CCCCN1C(=O)[C@]2(O[C@H](CCn3cc(C(CO)c4ccccc4)nn3)[C@@H]([Si](C)(C)c3ccc(OC)cc3)[C@@H]2C)c2cc(N3CN(c4ccccc4)C4(CCNCC4)C3=O)ccc21. The van der Waals surface area contributed by atoms with Gasteiger partial charge in [0.15, 0.2) is 5.60 Å². The number of carbonyl (C=O) groups excluding carboxylic acids is 3. The molecule has 5 aromatic rings. The van der Waals surface area contributed by atoms with Crippen LogP contribution in [-0.2, 0) is 36.0 Å². The number of ether oxygens (including phenoxy) is 3. The summed E-state index contributed by atoms with van der Waals surface area (Å²) in [5, 5.41) is 24.2. The maximum Gasteiger partial charge on any atom is 0.305 e. The van der Waals surface area contributed by atoms with Crippen LogP contribution in [0.2, 0.25) is 18.6 Å². The molecule has 67 heavy (non-hydrogen) atoms. The number of hydrogen-bond donors (Lipinski definition) is 2. The van der Waals surface area contributed by atoms with Gasteiger partial charge in [-0.15, -0.1) is 5.10 Å². The Morgan fingerprint density at radius 3 is 2.31 bits per heavy atom. The number of aliphatic hydroxyl groups excluding tert-OH is 1. The highest BCUT2D eigenvalue weighted by molar-refractivity contribution is 6.91. The summed E-state index contributed by atoms with van der Waals surface area (Å²) in [6.45, 7) is 9.53. The van der Waals surface area contributed by atoms with Gasteiger partial charge in [-0.25, -0.2) is 0 Å². The Bertz CT molecular complexity index is 2550. The minimum absolute atomic E-state index is 0.0434. The fourth-order valence-electron chi connectivity index (χ4n) is 11.7. The summed E-state index contributed by atoms with van der Waals surface area (Å²) in [7, 11) is 0.554. The third-order valence-corrected chi connectivity index (χ3v) is 19.6. The Morgan fingerprint density at radius 1 is 0.910 bits per heavy atom. The van der Waals surface area contributed by atoms with Crippen LogP contribution in [0.1, 0.15) is 68.2 Å². The molecule has 3 saturated heterocycles. The van der Waals surface area contributed by atoms with Crippen molar-refractivity contribution in [1.82, 2.24) is 20.3 Å². The van der Waals surface area contributed by atoms with Gasteiger partial charge in [0, 0.05) is 48.6 Å². The van der Waals surface area contributed by atoms with E-state index in [4.69, 9.17) is 14.2 Å². The van der Waals surface area contributed by atoms with Crippen LogP contribution in [0, 0.1) is 5.92 Å². The fraction of sp³-hybridized carbons (Fsp3) is 0.442. The van der Waals surface area contributed by atoms with Crippen molar-refractivity contribution in [3.8, 4) is 5.75 Å². The number of hydrogen-bond acceptors (Lipinski definition) is 11. The molecule has 1 aromatic heterocycles. The van der Waals surface area contributed by atoms with Crippen LogP contribution in [0.3, 0.4) is 0 Å². The Morgan fingerprint density at radius 2 is 1.63 bits per heavy atom. The summed E-state index contributed by atoms with van der Waals surface area (Å²) >= 11 is 0. The molecule has 0 radical (unpaired) electrons. The molecule has 4 aromatic carbocycles. The number of aliphatic hydroxyl groups is 1. The van der Waals surface area contributed by atoms with Gasteiger partial charge in [0.2, 0.25) is 0 Å². The number of piperidine rings is 1. The van der Waals surface area contributed by atoms with Gasteiger partial charge in [0.25, 0.3) is 11.8 Å². The van der Waals surface area contributed by atoms with E-state index in [1.165, 1.54) is 12.3 Å². The molecule has 2 N–H and O–H groups in total. The largest absolute Gasteiger partial charge is 0.497 e. The Kier molecular flexibility index (Phi) is 13.1. The summed E-state index contributed by atoms with van der Waals surface area (Å²) in [5.74, 6) is -0.166. The number of aromatic nitrogens is 3. The summed E-state index contributed by atoms with van der Waals surface area (Å²) in [5.41, 5.74) is 2.80. The molecule has 0 saturated carbocycles. The van der Waals surface area contributed by atoms with Crippen LogP contribution in [0.4, 0.5) is 17.1 Å². The smallest absolute Gasteiger partial charge is 0.305 e. The predicted octanol–water partition coefficient (Wildman–Crippen LogP) is 6.34. The zero-order valence-electron chi connectivity index (χ0n) is 39.3. The lowest BCUT2D eigenvalue weighted by molar-refractivity contribution is -0.146. The van der Waals surface area contributed by atoms with Crippen LogP contribution < -0.4 is 29.9 Å². The maximum atomic E-state index is 15.7. The van der Waals surface area contributed by atoms with Gasteiger partial charge in [-0.3, -0.25) is 24.0 Å². The molecule has 4 aliphatic rings. The summed E-state index contributed by atoms with van der Waals surface area (Å²) in [4.78, 5) is 48.8. The number of esters is 1. The van der Waals surface area contributed by atoms with Gasteiger partial charge in [-0.05, 0) is 98.8 Å². The first-order chi connectivity index (χ1) is 32.5. The van der Waals surface area contributed by atoms with Gasteiger partial charge < -0.3 is 34.4 Å². The van der Waals surface area contributed by atoms with E-state index in [2.05, 4.69) is 70.9 Å². The van der Waals surface area contributed by atoms with Crippen molar-refractivity contribution in [3.05, 3.63) is 126 Å². The third-order valence-electron chi connectivity index (χ3n) is 15.3. The number of amides is 2. The van der Waals surface area contributed by atoms with Crippen molar-refractivity contribution >= 4 is 48.1 Å². The molecule has 5 heterocycles. The second kappa shape index (κ2) is 19.0. The second-order valence-electron chi connectivity index (χ2n) is 19.1. The van der Waals surface area contributed by atoms with E-state index in [9.17, 15) is 9.90 Å². The van der Waals surface area contributed by atoms with Crippen molar-refractivity contribution in [2.75, 3.05) is 61.8 Å². The van der Waals surface area contributed by atoms with Gasteiger partial charge >= 0.3 is 5.97 Å². The highest BCUT2D eigenvalue weighted by Gasteiger charge is 2.66. The van der Waals surface area contributed by atoms with E-state index in [1.807, 2.05) is 93.5 Å². The Hall–Kier alpha value is -5.87. The van der Waals surface area contributed by atoms with Gasteiger partial charge in [0.1, 0.15) is 11.3 Å². The minimum Gasteiger partial charge on any atom is -0.497 e. The first-order valence-corrected chi connectivity index (χ1v) is 26.8. The zero-order valence-corrected chi connectivity index (χ0v) is 40.3. The fourth-order valence-corrected chi connectivity index (χ4v) is 15.7. The number of aryl methyl sites for hydroxylation is 1. The van der Waals surface area contributed by atoms with Crippen molar-refractivity contribution in [3.63, 3.8) is 0 Å². The normalized spacial score (nSPS) is 22.8. The lowest BCUT2D eigenvalue weighted by Crippen LogP contribution is -2.55. The number of methoxy groups -OCH3 is 2. The average molecular weight is 926 g/mol. The summed E-state index contributed by atoms with van der Waals surface area (Å²) in [6.07, 6.45) is 4.86. The number of nitrogens with zero attached hydrogens (tertiary/aromatic N) is 6. The lowest BCUT2D eigenvalue weighted by Gasteiger charge is -2.39. The number of unbranched alkanes of at least 4 members (excludes halogenated alkanes) is 1. The molecule has 1 unspecified atom stereocenters. The molecule has 0 aliphatic carbocycles. The minimum atomic E-state index is -2.51. The van der Waals surface area contributed by atoms with Crippen LogP contribution in [-0.4, -0.2) is 105 Å². The first kappa shape index (κ1) is 46.2. The van der Waals surface area contributed by atoms with Crippen molar-refractivity contribution in [2.45, 2.75) is 93.8 Å². The van der Waals surface area contributed by atoms with Crippen LogP contribution >= 0.6 is 0 Å². The van der Waals surface area contributed by atoms with E-state index in [0.717, 1.165) is 47.0 Å². The molecule has 352 valence electrons. The highest BCUT2D eigenvalue weighted by atomic mass is 28.3. The number of para-hydroxylation sites is 1. The van der Waals surface area contributed by atoms with Crippen LogP contribution in [0.5, 0.6) is 5.75 Å². The number of rotatable bonds is 16. The number of anilines is 3. The Balaban J connectivity index is 1.11. The molecule has 4 aliphatic heterocycles. The zero-order chi connectivity index (χ0) is 46.9. The number of benzene rings is 4. The molecule has 0 bridgehead atoms. The molecule has 14 nitrogen and oxygen atoms in total. The molecule has 5 atom stereocenters. The maximum absolute atomic E-state index is 15.7. The topological polar surface area (TPSA) is 152 Å². The van der Waals surface area contributed by atoms with E-state index in [0.29, 0.717) is 57.6 Å². The number of nitrogens with one attached hydrogen (secondary N) is 1. The summed E-state index contributed by atoms with van der Waals surface area (Å²) in [6, 6.07) is 34.4. The molecule has 9 rings (SSSR count). The molecular formula is C52H63N7O7Si. The van der Waals surface area contributed by atoms with E-state index >= 15 is 9.59 Å². The number of fused-ring (bicyclic) bond motifs is 2. The van der Waals surface area contributed by atoms with Crippen molar-refractivity contribution < 1.29 is 33.7 Å². The standard InChI is InChI=1S/C52H63N7O7Si/c1-36-48(67(4,5)41-22-20-40(64-2)21-23-41)46(25-31-56-33-44(54-55-56)42(34-60)37-14-8-6-9-15-37)66-52(36)43-32-39(19-24-45(43)57(50(52)63)30-13-12-18-47(61)65-3)58-35-59(38-16-10-7-11-17-38)51(49(58)62)26-28-53-29-27-51/h6-11,14-17,19-24,32-33,36,42,46,48,53,60H,12-13,18,25-31,34-35H2,1-5H3/t36-,42?,46+,48-,52+/m0/s1. The second-order valence-corrected chi connectivity index (χ2v) is 23.8. The van der Waals surface area contributed by atoms with Crippen LogP contribution in [0.25, 0.3) is 0 Å². The lowest BCUT2D eigenvalue weighted by atomic mass is 9.82. The molecular weight excluding hydrogens is 863 g/mol. The quantitative estimate of drug-likeness (QED) is 0.0649. The number of carbonyl (C=O) groups is 3. The molecule has 2 spiro atoms. The summed E-state index contributed by atoms with van der Waals surface area (Å²) < 4.78 is 19.9. The molecule has 2 amide bonds.